The number of pyridine rings is 1. The second-order valence-electron chi connectivity index (χ2n) is 5.17. The van der Waals surface area contributed by atoms with E-state index in [0.717, 1.165) is 18.6 Å². The number of carbonyl (C=O) groups is 1. The van der Waals surface area contributed by atoms with Crippen molar-refractivity contribution >= 4 is 5.97 Å². The van der Waals surface area contributed by atoms with Crippen LogP contribution in [0.4, 0.5) is 0 Å². The van der Waals surface area contributed by atoms with E-state index in [2.05, 4.69) is 4.98 Å². The molecule has 0 N–H and O–H groups in total. The lowest BCUT2D eigenvalue weighted by atomic mass is 10.2. The van der Waals surface area contributed by atoms with Crippen molar-refractivity contribution in [3.8, 4) is 11.6 Å². The van der Waals surface area contributed by atoms with Crippen molar-refractivity contribution in [3.05, 3.63) is 54.2 Å². The van der Waals surface area contributed by atoms with Gasteiger partial charge in [0.05, 0.1) is 11.6 Å². The zero-order chi connectivity index (χ0) is 14.7. The summed E-state index contributed by atoms with van der Waals surface area (Å²) in [5.41, 5.74) is 0.692. The highest BCUT2D eigenvalue weighted by molar-refractivity contribution is 5.75. The first kappa shape index (κ1) is 13.6. The number of esters is 1. The first-order valence-electron chi connectivity index (χ1n) is 7.13. The van der Waals surface area contributed by atoms with E-state index in [1.807, 2.05) is 49.4 Å². The standard InChI is InChI=1S/C17H17NO3/c1-12(20-17(19)13-10-11-13)15-8-5-9-16(18-15)21-14-6-3-2-4-7-14/h2-9,12-13H,10-11H2,1H3. The van der Waals surface area contributed by atoms with Crippen LogP contribution < -0.4 is 4.74 Å². The van der Waals surface area contributed by atoms with Gasteiger partial charge in [-0.2, -0.15) is 0 Å². The summed E-state index contributed by atoms with van der Waals surface area (Å²) < 4.78 is 11.1. The molecule has 3 rings (SSSR count). The molecule has 1 aromatic heterocycles. The lowest BCUT2D eigenvalue weighted by Gasteiger charge is -2.13. The average molecular weight is 283 g/mol. The van der Waals surface area contributed by atoms with Crippen LogP contribution in [0.1, 0.15) is 31.6 Å². The molecule has 1 saturated carbocycles. The van der Waals surface area contributed by atoms with E-state index in [-0.39, 0.29) is 18.0 Å². The summed E-state index contributed by atoms with van der Waals surface area (Å²) in [6.45, 7) is 1.83. The van der Waals surface area contributed by atoms with Gasteiger partial charge >= 0.3 is 5.97 Å². The minimum atomic E-state index is -0.363. The fourth-order valence-corrected chi connectivity index (χ4v) is 1.97. The molecule has 21 heavy (non-hydrogen) atoms. The number of aromatic nitrogens is 1. The molecule has 0 aliphatic heterocycles. The van der Waals surface area contributed by atoms with Gasteiger partial charge in [-0.25, -0.2) is 4.98 Å². The number of benzene rings is 1. The molecular weight excluding hydrogens is 266 g/mol. The largest absolute Gasteiger partial charge is 0.456 e. The van der Waals surface area contributed by atoms with Crippen LogP contribution in [0.3, 0.4) is 0 Å². The predicted octanol–water partition coefficient (Wildman–Crippen LogP) is 3.89. The number of hydrogen-bond donors (Lipinski definition) is 0. The van der Waals surface area contributed by atoms with Gasteiger partial charge in [0, 0.05) is 6.07 Å². The van der Waals surface area contributed by atoms with Gasteiger partial charge < -0.3 is 9.47 Å². The Morgan fingerprint density at radius 3 is 2.62 bits per heavy atom. The molecule has 1 fully saturated rings. The highest BCUT2D eigenvalue weighted by Gasteiger charge is 2.32. The molecule has 4 nitrogen and oxygen atoms in total. The maximum Gasteiger partial charge on any atom is 0.309 e. The molecule has 0 amide bonds. The smallest absolute Gasteiger partial charge is 0.309 e. The molecule has 1 heterocycles. The van der Waals surface area contributed by atoms with Gasteiger partial charge in [-0.3, -0.25) is 4.79 Å². The van der Waals surface area contributed by atoms with Gasteiger partial charge in [0.1, 0.15) is 11.9 Å². The van der Waals surface area contributed by atoms with Crippen molar-refractivity contribution in [1.29, 1.82) is 0 Å². The van der Waals surface area contributed by atoms with Gasteiger partial charge in [-0.1, -0.05) is 24.3 Å². The number of rotatable bonds is 5. The summed E-state index contributed by atoms with van der Waals surface area (Å²) >= 11 is 0. The van der Waals surface area contributed by atoms with Crippen molar-refractivity contribution in [2.24, 2.45) is 5.92 Å². The monoisotopic (exact) mass is 283 g/mol. The molecule has 1 aromatic carbocycles. The van der Waals surface area contributed by atoms with Crippen LogP contribution in [0.5, 0.6) is 11.6 Å². The van der Waals surface area contributed by atoms with Crippen molar-refractivity contribution in [1.82, 2.24) is 4.98 Å². The van der Waals surface area contributed by atoms with E-state index in [1.165, 1.54) is 0 Å². The van der Waals surface area contributed by atoms with Crippen LogP contribution in [0.15, 0.2) is 48.5 Å². The Hall–Kier alpha value is -2.36. The first-order chi connectivity index (χ1) is 10.2. The summed E-state index contributed by atoms with van der Waals surface area (Å²) in [7, 11) is 0. The van der Waals surface area contributed by atoms with Gasteiger partial charge in [0.15, 0.2) is 0 Å². The molecule has 0 radical (unpaired) electrons. The van der Waals surface area contributed by atoms with E-state index >= 15 is 0 Å². The first-order valence-corrected chi connectivity index (χ1v) is 7.13. The van der Waals surface area contributed by atoms with Crippen molar-refractivity contribution in [2.75, 3.05) is 0 Å². The Morgan fingerprint density at radius 1 is 1.14 bits per heavy atom. The van der Waals surface area contributed by atoms with Crippen molar-refractivity contribution in [3.63, 3.8) is 0 Å². The van der Waals surface area contributed by atoms with Gasteiger partial charge in [-0.15, -0.1) is 0 Å². The average Bonchev–Trinajstić information content (AvgIpc) is 3.33. The third-order valence-corrected chi connectivity index (χ3v) is 3.33. The summed E-state index contributed by atoms with van der Waals surface area (Å²) in [5, 5.41) is 0. The Labute approximate surface area is 123 Å². The van der Waals surface area contributed by atoms with Crippen LogP contribution in [0, 0.1) is 5.92 Å². The Balaban J connectivity index is 1.68. The fraction of sp³-hybridized carbons (Fsp3) is 0.294. The third kappa shape index (κ3) is 3.60. The Bertz CT molecular complexity index is 623. The zero-order valence-corrected chi connectivity index (χ0v) is 11.9. The summed E-state index contributed by atoms with van der Waals surface area (Å²) in [6.07, 6.45) is 1.52. The molecule has 1 atom stereocenters. The molecule has 1 aliphatic rings. The minimum absolute atomic E-state index is 0.0937. The highest BCUT2D eigenvalue weighted by atomic mass is 16.5. The van der Waals surface area contributed by atoms with Crippen LogP contribution >= 0.6 is 0 Å². The summed E-state index contributed by atoms with van der Waals surface area (Å²) in [6, 6.07) is 14.9. The maximum absolute atomic E-state index is 11.7. The van der Waals surface area contributed by atoms with E-state index in [1.54, 1.807) is 6.07 Å². The second-order valence-corrected chi connectivity index (χ2v) is 5.17. The lowest BCUT2D eigenvalue weighted by Crippen LogP contribution is -2.11. The number of nitrogens with zero attached hydrogens (tertiary/aromatic N) is 1. The molecule has 0 saturated heterocycles. The lowest BCUT2D eigenvalue weighted by molar-refractivity contribution is -0.150. The van der Waals surface area contributed by atoms with E-state index < -0.39 is 0 Å². The van der Waals surface area contributed by atoms with Crippen LogP contribution in [-0.4, -0.2) is 11.0 Å². The molecule has 0 bridgehead atoms. The summed E-state index contributed by atoms with van der Waals surface area (Å²) in [5.74, 6) is 1.19. The Kier molecular flexibility index (Phi) is 3.86. The maximum atomic E-state index is 11.7. The second kappa shape index (κ2) is 5.95. The third-order valence-electron chi connectivity index (χ3n) is 3.33. The predicted molar refractivity (Wildman–Crippen MR) is 78.0 cm³/mol. The van der Waals surface area contributed by atoms with Crippen molar-refractivity contribution in [2.45, 2.75) is 25.9 Å². The van der Waals surface area contributed by atoms with Gasteiger partial charge in [-0.05, 0) is 38.0 Å². The SMILES string of the molecule is CC(OC(=O)C1CC1)c1cccc(Oc2ccccc2)n1. The molecule has 1 aliphatic carbocycles. The molecule has 1 unspecified atom stereocenters. The number of carbonyl (C=O) groups excluding carboxylic acids is 1. The van der Waals surface area contributed by atoms with E-state index in [4.69, 9.17) is 9.47 Å². The molecular formula is C17H17NO3. The van der Waals surface area contributed by atoms with E-state index in [0.29, 0.717) is 11.6 Å². The van der Waals surface area contributed by atoms with Crippen LogP contribution in [-0.2, 0) is 9.53 Å². The number of para-hydroxylation sites is 1. The normalized spacial score (nSPS) is 15.3. The molecule has 2 aromatic rings. The molecule has 0 spiro atoms. The van der Waals surface area contributed by atoms with Crippen LogP contribution in [0.2, 0.25) is 0 Å². The molecule has 4 heteroatoms. The zero-order valence-electron chi connectivity index (χ0n) is 11.9. The summed E-state index contributed by atoms with van der Waals surface area (Å²) in [4.78, 5) is 16.1. The van der Waals surface area contributed by atoms with Crippen molar-refractivity contribution < 1.29 is 14.3 Å². The molecule has 108 valence electrons. The number of ether oxygens (including phenoxy) is 2. The van der Waals surface area contributed by atoms with E-state index in [9.17, 15) is 4.79 Å². The highest BCUT2D eigenvalue weighted by Crippen LogP contribution is 2.32. The fourth-order valence-electron chi connectivity index (χ4n) is 1.97. The number of hydrogen-bond acceptors (Lipinski definition) is 4. The quantitative estimate of drug-likeness (QED) is 0.781. The topological polar surface area (TPSA) is 48.4 Å². The minimum Gasteiger partial charge on any atom is -0.456 e. The van der Waals surface area contributed by atoms with Gasteiger partial charge in [0.25, 0.3) is 0 Å². The Morgan fingerprint density at radius 2 is 1.90 bits per heavy atom. The van der Waals surface area contributed by atoms with Gasteiger partial charge in [0.2, 0.25) is 5.88 Å². The van der Waals surface area contributed by atoms with Crippen LogP contribution in [0.25, 0.3) is 0 Å².